The molecule has 0 radical (unpaired) electrons. The number of hydrogen-bond acceptors (Lipinski definition) is 6. The van der Waals surface area contributed by atoms with Crippen molar-refractivity contribution in [1.29, 1.82) is 0 Å². The van der Waals surface area contributed by atoms with Gasteiger partial charge in [0.25, 0.3) is 0 Å². The molecule has 2 heterocycles. The lowest BCUT2D eigenvalue weighted by Crippen LogP contribution is -2.68. The van der Waals surface area contributed by atoms with Gasteiger partial charge in [-0.1, -0.05) is 0 Å². The van der Waals surface area contributed by atoms with E-state index >= 15 is 0 Å². The molecule has 1 saturated heterocycles. The van der Waals surface area contributed by atoms with Crippen LogP contribution in [0.3, 0.4) is 0 Å². The molecule has 0 aromatic heterocycles. The molecule has 7 nitrogen and oxygen atoms in total. The smallest absolute Gasteiger partial charge is 0.352 e. The van der Waals surface area contributed by atoms with E-state index in [1.807, 2.05) is 0 Å². The summed E-state index contributed by atoms with van der Waals surface area (Å²) < 4.78 is 0. The van der Waals surface area contributed by atoms with Crippen LogP contribution in [-0.2, 0) is 16.0 Å². The van der Waals surface area contributed by atoms with Crippen LogP contribution in [0, 0.1) is 0 Å². The third kappa shape index (κ3) is 2.20. The molecule has 0 bridgehead atoms. The number of carbonyl (C=O) groups excluding carboxylic acids is 1. The predicted octanol–water partition coefficient (Wildman–Crippen LogP) is 0.221. The van der Waals surface area contributed by atoms with E-state index in [0.717, 1.165) is 0 Å². The molecular weight excluding hydrogens is 308 g/mol. The summed E-state index contributed by atoms with van der Waals surface area (Å²) in [4.78, 5) is 24.6. The molecule has 8 heteroatoms. The maximum atomic E-state index is 11.8. The summed E-state index contributed by atoms with van der Waals surface area (Å²) in [6.45, 7) is 0. The highest BCUT2D eigenvalue weighted by molar-refractivity contribution is 8.00. The van der Waals surface area contributed by atoms with Crippen LogP contribution in [0.2, 0.25) is 0 Å². The minimum atomic E-state index is -1.19. The summed E-state index contributed by atoms with van der Waals surface area (Å²) in [5.41, 5.74) is 6.53. The number of rotatable bonds is 3. The number of aliphatic carboxylic acids is 1. The van der Waals surface area contributed by atoms with Crippen LogP contribution in [0.5, 0.6) is 11.5 Å². The first-order valence-corrected chi connectivity index (χ1v) is 7.61. The van der Waals surface area contributed by atoms with Crippen molar-refractivity contribution in [2.45, 2.75) is 17.8 Å². The third-order valence-corrected chi connectivity index (χ3v) is 5.12. The standard InChI is InChI=1S/C14H14N2O5S/c15-10-12(19)16-11(14(20)21)7(5-22-13(10)16)3-6-4-8(17)1-2-9(6)18/h1-2,4,10,13,17-18H,3,5,15H2,(H,20,21)/t10-,13-/m1/s1. The van der Waals surface area contributed by atoms with Gasteiger partial charge < -0.3 is 21.1 Å². The van der Waals surface area contributed by atoms with E-state index < -0.39 is 17.9 Å². The first-order chi connectivity index (χ1) is 10.4. The number of phenolic OH excluding ortho intramolecular Hbond substituents is 2. The Morgan fingerprint density at radius 3 is 2.82 bits per heavy atom. The highest BCUT2D eigenvalue weighted by Gasteiger charge is 2.51. The van der Waals surface area contributed by atoms with Crippen LogP contribution in [0.15, 0.2) is 29.5 Å². The molecule has 0 saturated carbocycles. The van der Waals surface area contributed by atoms with Crippen LogP contribution >= 0.6 is 11.8 Å². The number of carboxylic acid groups (broad SMARTS) is 1. The number of thioether (sulfide) groups is 1. The molecule has 0 aliphatic carbocycles. The van der Waals surface area contributed by atoms with E-state index in [2.05, 4.69) is 0 Å². The van der Waals surface area contributed by atoms with Gasteiger partial charge in [-0.3, -0.25) is 9.69 Å². The molecule has 2 atom stereocenters. The van der Waals surface area contributed by atoms with E-state index in [9.17, 15) is 24.9 Å². The second-order valence-electron chi connectivity index (χ2n) is 5.18. The molecule has 1 fully saturated rings. The van der Waals surface area contributed by atoms with Crippen LogP contribution in [0.4, 0.5) is 0 Å². The summed E-state index contributed by atoms with van der Waals surface area (Å²) in [6.07, 6.45) is 0.139. The Balaban J connectivity index is 1.98. The predicted molar refractivity (Wildman–Crippen MR) is 79.2 cm³/mol. The van der Waals surface area contributed by atoms with Gasteiger partial charge >= 0.3 is 5.97 Å². The summed E-state index contributed by atoms with van der Waals surface area (Å²) in [6, 6.07) is 3.39. The maximum Gasteiger partial charge on any atom is 0.352 e. The largest absolute Gasteiger partial charge is 0.508 e. The quantitative estimate of drug-likeness (QED) is 0.463. The van der Waals surface area contributed by atoms with Crippen molar-refractivity contribution in [3.8, 4) is 11.5 Å². The van der Waals surface area contributed by atoms with Crippen molar-refractivity contribution in [2.75, 3.05) is 5.75 Å². The Hall–Kier alpha value is -2.19. The second-order valence-corrected chi connectivity index (χ2v) is 6.29. The van der Waals surface area contributed by atoms with E-state index in [1.165, 1.54) is 34.9 Å². The Morgan fingerprint density at radius 1 is 1.41 bits per heavy atom. The van der Waals surface area contributed by atoms with Crippen molar-refractivity contribution in [3.05, 3.63) is 35.0 Å². The van der Waals surface area contributed by atoms with Crippen LogP contribution in [-0.4, -0.2) is 49.3 Å². The Bertz CT molecular complexity index is 702. The molecule has 2 aliphatic rings. The second kappa shape index (κ2) is 5.22. The molecule has 1 aromatic carbocycles. The fourth-order valence-corrected chi connectivity index (χ4v) is 3.95. The van der Waals surface area contributed by atoms with E-state index in [4.69, 9.17) is 5.73 Å². The molecule has 3 rings (SSSR count). The summed E-state index contributed by atoms with van der Waals surface area (Å²) in [5.74, 6) is -1.26. The van der Waals surface area contributed by atoms with Crippen molar-refractivity contribution in [2.24, 2.45) is 5.73 Å². The number of carbonyl (C=O) groups is 2. The number of phenols is 2. The highest BCUT2D eigenvalue weighted by atomic mass is 32.2. The number of amides is 1. The molecule has 1 amide bonds. The molecule has 0 unspecified atom stereocenters. The Morgan fingerprint density at radius 2 is 2.14 bits per heavy atom. The van der Waals surface area contributed by atoms with Crippen LogP contribution < -0.4 is 5.73 Å². The summed E-state index contributed by atoms with van der Waals surface area (Å²) in [7, 11) is 0. The van der Waals surface area contributed by atoms with Gasteiger partial charge in [0.05, 0.1) is 0 Å². The van der Waals surface area contributed by atoms with Gasteiger partial charge in [-0.2, -0.15) is 0 Å². The first-order valence-electron chi connectivity index (χ1n) is 6.56. The average Bonchev–Trinajstić information content (AvgIpc) is 2.49. The van der Waals surface area contributed by atoms with Gasteiger partial charge in [-0.15, -0.1) is 11.8 Å². The number of fused-ring (bicyclic) bond motifs is 1. The van der Waals surface area contributed by atoms with Crippen molar-refractivity contribution < 1.29 is 24.9 Å². The monoisotopic (exact) mass is 322 g/mol. The summed E-state index contributed by atoms with van der Waals surface area (Å²) >= 11 is 1.40. The molecule has 1 aromatic rings. The van der Waals surface area contributed by atoms with Gasteiger partial charge in [-0.25, -0.2) is 4.79 Å². The topological polar surface area (TPSA) is 124 Å². The fourth-order valence-electron chi connectivity index (χ4n) is 2.66. The lowest BCUT2D eigenvalue weighted by Gasteiger charge is -2.48. The first kappa shape index (κ1) is 14.7. The maximum absolute atomic E-state index is 11.8. The number of carboxylic acids is 1. The lowest BCUT2D eigenvalue weighted by molar-refractivity contribution is -0.148. The van der Waals surface area contributed by atoms with Gasteiger partial charge in [0.1, 0.15) is 28.6 Å². The lowest BCUT2D eigenvalue weighted by atomic mass is 9.99. The number of aromatic hydroxyl groups is 2. The van der Waals surface area contributed by atoms with Gasteiger partial charge in [0.2, 0.25) is 5.91 Å². The average molecular weight is 322 g/mol. The normalized spacial score (nSPS) is 24.0. The van der Waals surface area contributed by atoms with E-state index in [0.29, 0.717) is 16.9 Å². The zero-order chi connectivity index (χ0) is 16.0. The molecule has 5 N–H and O–H groups in total. The van der Waals surface area contributed by atoms with Crippen molar-refractivity contribution in [3.63, 3.8) is 0 Å². The van der Waals surface area contributed by atoms with E-state index in [-0.39, 0.29) is 29.0 Å². The SMILES string of the molecule is N[C@@H]1C(=O)N2C(C(=O)O)=C(Cc3cc(O)ccc3O)CS[C@H]12. The van der Waals surface area contributed by atoms with E-state index in [1.54, 1.807) is 0 Å². The van der Waals surface area contributed by atoms with Gasteiger partial charge in [0.15, 0.2) is 0 Å². The minimum absolute atomic E-state index is 0.0198. The van der Waals surface area contributed by atoms with Crippen LogP contribution in [0.25, 0.3) is 0 Å². The van der Waals surface area contributed by atoms with Crippen molar-refractivity contribution >= 4 is 23.6 Å². The van der Waals surface area contributed by atoms with Gasteiger partial charge in [0, 0.05) is 17.7 Å². The molecular formula is C14H14N2O5S. The summed E-state index contributed by atoms with van der Waals surface area (Å²) in [5, 5.41) is 28.4. The minimum Gasteiger partial charge on any atom is -0.508 e. The fraction of sp³-hybridized carbons (Fsp3) is 0.286. The zero-order valence-corrected chi connectivity index (χ0v) is 12.2. The Labute approximate surface area is 130 Å². The molecule has 22 heavy (non-hydrogen) atoms. The number of nitrogens with zero attached hydrogens (tertiary/aromatic N) is 1. The zero-order valence-electron chi connectivity index (χ0n) is 11.4. The number of hydrogen-bond donors (Lipinski definition) is 4. The Kier molecular flexibility index (Phi) is 3.50. The molecule has 116 valence electrons. The van der Waals surface area contributed by atoms with Gasteiger partial charge in [-0.05, 0) is 23.8 Å². The highest BCUT2D eigenvalue weighted by Crippen LogP contribution is 2.41. The number of nitrogens with two attached hydrogens (primary N) is 1. The van der Waals surface area contributed by atoms with Crippen LogP contribution in [0.1, 0.15) is 5.56 Å². The van der Waals surface area contributed by atoms with Crippen molar-refractivity contribution in [1.82, 2.24) is 4.90 Å². The molecule has 0 spiro atoms. The number of β-lactam (4-membered cyclic amide) rings is 1. The number of benzene rings is 1. The molecule has 2 aliphatic heterocycles. The third-order valence-electron chi connectivity index (χ3n) is 3.76.